The monoisotopic (exact) mass is 392 g/mol. The van der Waals surface area contributed by atoms with Crippen LogP contribution < -0.4 is 10.1 Å². The highest BCUT2D eigenvalue weighted by molar-refractivity contribution is 6.50. The van der Waals surface area contributed by atoms with Gasteiger partial charge in [-0.2, -0.15) is 0 Å². The second kappa shape index (κ2) is 6.56. The zero-order valence-corrected chi connectivity index (χ0v) is 15.4. The number of nitrogens with one attached hydrogen (secondary N) is 1. The molecule has 0 spiro atoms. The Hall–Kier alpha value is -1.68. The summed E-state index contributed by atoms with van der Waals surface area (Å²) >= 11 is 18.2. The van der Waals surface area contributed by atoms with Crippen LogP contribution in [-0.4, -0.2) is 15.9 Å². The predicted molar refractivity (Wildman–Crippen MR) is 105 cm³/mol. The van der Waals surface area contributed by atoms with Gasteiger partial charge in [0, 0.05) is 17.0 Å². The molecule has 1 saturated carbocycles. The third-order valence-electron chi connectivity index (χ3n) is 4.20. The Morgan fingerprint density at radius 1 is 1.08 bits per heavy atom. The summed E-state index contributed by atoms with van der Waals surface area (Å²) in [5.74, 6) is 1.73. The number of alkyl halides is 2. The summed E-state index contributed by atoms with van der Waals surface area (Å²) in [6.07, 6.45) is 0.784. The summed E-state index contributed by atoms with van der Waals surface area (Å²) in [5, 5.41) is 4.92. The van der Waals surface area contributed by atoms with Crippen LogP contribution in [0.1, 0.15) is 6.42 Å². The molecule has 1 unspecified atom stereocenters. The fourth-order valence-corrected chi connectivity index (χ4v) is 3.33. The van der Waals surface area contributed by atoms with Crippen molar-refractivity contribution in [3.8, 4) is 5.75 Å². The minimum atomic E-state index is -0.607. The molecule has 1 aromatic heterocycles. The van der Waals surface area contributed by atoms with Crippen LogP contribution in [0, 0.1) is 5.92 Å². The zero-order valence-electron chi connectivity index (χ0n) is 13.2. The highest BCUT2D eigenvalue weighted by atomic mass is 35.5. The molecule has 1 N–H and O–H groups in total. The normalized spacial score (nSPS) is 18.1. The number of pyridine rings is 1. The summed E-state index contributed by atoms with van der Waals surface area (Å²) in [5.41, 5.74) is 1.70. The number of benzene rings is 2. The third kappa shape index (κ3) is 3.79. The lowest BCUT2D eigenvalue weighted by molar-refractivity contribution is 0.298. The number of hydrogen-bond donors (Lipinski definition) is 1. The molecule has 2 aromatic carbocycles. The van der Waals surface area contributed by atoms with Crippen molar-refractivity contribution >= 4 is 57.2 Å². The Balaban J connectivity index is 1.43. The molecule has 0 bridgehead atoms. The van der Waals surface area contributed by atoms with Gasteiger partial charge in [0.05, 0.1) is 17.1 Å². The van der Waals surface area contributed by atoms with Crippen molar-refractivity contribution in [2.24, 2.45) is 5.92 Å². The average molecular weight is 394 g/mol. The van der Waals surface area contributed by atoms with Crippen LogP contribution in [0.2, 0.25) is 5.02 Å². The van der Waals surface area contributed by atoms with Crippen LogP contribution in [0.15, 0.2) is 54.6 Å². The molecule has 25 heavy (non-hydrogen) atoms. The van der Waals surface area contributed by atoms with Crippen molar-refractivity contribution < 1.29 is 4.74 Å². The second-order valence-electron chi connectivity index (χ2n) is 6.13. The Morgan fingerprint density at radius 3 is 2.56 bits per heavy atom. The zero-order chi connectivity index (χ0) is 17.4. The Kier molecular flexibility index (Phi) is 4.40. The molecule has 0 aliphatic heterocycles. The number of hydrogen-bond acceptors (Lipinski definition) is 3. The van der Waals surface area contributed by atoms with Gasteiger partial charge < -0.3 is 10.1 Å². The van der Waals surface area contributed by atoms with E-state index >= 15 is 0 Å². The first kappa shape index (κ1) is 16.8. The van der Waals surface area contributed by atoms with Crippen molar-refractivity contribution in [2.45, 2.75) is 10.8 Å². The Bertz CT molecular complexity index is 912. The van der Waals surface area contributed by atoms with E-state index in [9.17, 15) is 0 Å². The molecule has 6 heteroatoms. The number of para-hydroxylation sites is 1. The lowest BCUT2D eigenvalue weighted by Gasteiger charge is -2.09. The summed E-state index contributed by atoms with van der Waals surface area (Å²) in [6.45, 7) is 0.532. The summed E-state index contributed by atoms with van der Waals surface area (Å²) in [7, 11) is 0. The van der Waals surface area contributed by atoms with Crippen LogP contribution in [0.25, 0.3) is 10.9 Å². The molecule has 128 valence electrons. The lowest BCUT2D eigenvalue weighted by Crippen LogP contribution is -2.04. The second-order valence-corrected chi connectivity index (χ2v) is 8.08. The minimum absolute atomic E-state index is 0.209. The van der Waals surface area contributed by atoms with Crippen molar-refractivity contribution in [1.29, 1.82) is 0 Å². The third-order valence-corrected chi connectivity index (χ3v) is 5.44. The fraction of sp³-hybridized carbons (Fsp3) is 0.211. The van der Waals surface area contributed by atoms with E-state index in [1.54, 1.807) is 0 Å². The number of nitrogens with zero attached hydrogens (tertiary/aromatic N) is 1. The quantitative estimate of drug-likeness (QED) is 0.524. The van der Waals surface area contributed by atoms with Gasteiger partial charge in [-0.3, -0.25) is 0 Å². The number of anilines is 2. The van der Waals surface area contributed by atoms with Crippen molar-refractivity contribution in [3.63, 3.8) is 0 Å². The number of ether oxygens (including phenoxy) is 1. The van der Waals surface area contributed by atoms with Gasteiger partial charge in [0.15, 0.2) is 0 Å². The van der Waals surface area contributed by atoms with Crippen LogP contribution >= 0.6 is 34.8 Å². The van der Waals surface area contributed by atoms with E-state index in [-0.39, 0.29) is 5.92 Å². The Morgan fingerprint density at radius 2 is 1.84 bits per heavy atom. The smallest absolute Gasteiger partial charge is 0.131 e. The molecular weight excluding hydrogens is 379 g/mol. The highest BCUT2D eigenvalue weighted by Gasteiger charge is 2.52. The van der Waals surface area contributed by atoms with E-state index in [1.807, 2.05) is 54.6 Å². The van der Waals surface area contributed by atoms with Crippen molar-refractivity contribution in [1.82, 2.24) is 4.98 Å². The molecule has 3 aromatic rings. The minimum Gasteiger partial charge on any atom is -0.493 e. The molecule has 0 amide bonds. The molecule has 1 aliphatic carbocycles. The van der Waals surface area contributed by atoms with Gasteiger partial charge in [-0.15, -0.1) is 23.2 Å². The van der Waals surface area contributed by atoms with Gasteiger partial charge in [0.1, 0.15) is 15.9 Å². The molecule has 1 heterocycles. The molecule has 1 fully saturated rings. The number of aromatic nitrogens is 1. The molecule has 4 rings (SSSR count). The summed E-state index contributed by atoms with van der Waals surface area (Å²) in [4.78, 5) is 4.57. The van der Waals surface area contributed by atoms with Crippen molar-refractivity contribution in [2.75, 3.05) is 11.9 Å². The molecule has 3 nitrogen and oxygen atoms in total. The molecule has 1 aliphatic rings. The van der Waals surface area contributed by atoms with Crippen LogP contribution in [-0.2, 0) is 0 Å². The standard InChI is InChI=1S/C19H15Cl3N2O/c20-16-3-1-2-12-4-9-17(24-18(12)16)23-14-5-7-15(8-6-14)25-11-13-10-19(13,21)22/h1-9,13H,10-11H2,(H,23,24). The van der Waals surface area contributed by atoms with Gasteiger partial charge >= 0.3 is 0 Å². The van der Waals surface area contributed by atoms with E-state index < -0.39 is 4.33 Å². The first-order chi connectivity index (χ1) is 12.0. The highest BCUT2D eigenvalue weighted by Crippen LogP contribution is 2.53. The van der Waals surface area contributed by atoms with Gasteiger partial charge in [-0.25, -0.2) is 4.98 Å². The predicted octanol–water partition coefficient (Wildman–Crippen LogP) is 6.20. The van der Waals surface area contributed by atoms with E-state index in [2.05, 4.69) is 10.3 Å². The van der Waals surface area contributed by atoms with Gasteiger partial charge in [-0.1, -0.05) is 23.7 Å². The number of fused-ring (bicyclic) bond motifs is 1. The van der Waals surface area contributed by atoms with Crippen LogP contribution in [0.5, 0.6) is 5.75 Å². The Labute approximate surface area is 160 Å². The van der Waals surface area contributed by atoms with E-state index in [4.69, 9.17) is 39.5 Å². The maximum Gasteiger partial charge on any atom is 0.131 e. The van der Waals surface area contributed by atoms with Gasteiger partial charge in [0.2, 0.25) is 0 Å². The van der Waals surface area contributed by atoms with Crippen LogP contribution in [0.3, 0.4) is 0 Å². The average Bonchev–Trinajstić information content (AvgIpc) is 3.22. The van der Waals surface area contributed by atoms with Gasteiger partial charge in [-0.05, 0) is 48.9 Å². The first-order valence-corrected chi connectivity index (χ1v) is 9.08. The molecular formula is C19H15Cl3N2O. The van der Waals surface area contributed by atoms with Crippen molar-refractivity contribution in [3.05, 3.63) is 59.6 Å². The van der Waals surface area contributed by atoms with E-state index in [1.165, 1.54) is 0 Å². The summed E-state index contributed by atoms with van der Waals surface area (Å²) < 4.78 is 5.11. The molecule has 1 atom stereocenters. The van der Waals surface area contributed by atoms with E-state index in [0.29, 0.717) is 11.6 Å². The van der Waals surface area contributed by atoms with Gasteiger partial charge in [0.25, 0.3) is 0 Å². The lowest BCUT2D eigenvalue weighted by atomic mass is 10.2. The number of rotatable bonds is 5. The topological polar surface area (TPSA) is 34.1 Å². The largest absolute Gasteiger partial charge is 0.493 e. The molecule has 0 radical (unpaired) electrons. The van der Waals surface area contributed by atoms with Crippen LogP contribution in [0.4, 0.5) is 11.5 Å². The molecule has 0 saturated heterocycles. The number of halogens is 3. The maximum absolute atomic E-state index is 6.21. The maximum atomic E-state index is 6.21. The SMILES string of the molecule is Clc1cccc2ccc(Nc3ccc(OCC4CC4(Cl)Cl)cc3)nc12. The summed E-state index contributed by atoms with van der Waals surface area (Å²) in [6, 6.07) is 17.4. The first-order valence-electron chi connectivity index (χ1n) is 7.94. The fourth-order valence-electron chi connectivity index (χ4n) is 2.61. The van der Waals surface area contributed by atoms with E-state index in [0.717, 1.165) is 34.6 Å².